The van der Waals surface area contributed by atoms with E-state index in [1.807, 2.05) is 0 Å². The highest BCUT2D eigenvalue weighted by Gasteiger charge is 1.67. The van der Waals surface area contributed by atoms with Crippen LogP contribution < -0.4 is 11.5 Å². The zero-order valence-corrected chi connectivity index (χ0v) is 15.3. The molecule has 14 heteroatoms. The van der Waals surface area contributed by atoms with Crippen molar-refractivity contribution in [3.8, 4) is 0 Å². The lowest BCUT2D eigenvalue weighted by Crippen LogP contribution is -2.11. The third-order valence-electron chi connectivity index (χ3n) is 0.167. The molecule has 0 aromatic heterocycles. The van der Waals surface area contributed by atoms with E-state index in [2.05, 4.69) is 0 Å². The van der Waals surface area contributed by atoms with Crippen molar-refractivity contribution >= 4 is 29.8 Å². The van der Waals surface area contributed by atoms with Crippen LogP contribution in [-0.4, -0.2) is 79.4 Å². The van der Waals surface area contributed by atoms with Gasteiger partial charge in [-0.1, -0.05) is 0 Å². The van der Waals surface area contributed by atoms with Crippen molar-refractivity contribution in [2.75, 3.05) is 13.1 Å². The van der Waals surface area contributed by atoms with Gasteiger partial charge in [0.25, 0.3) is 29.8 Å². The highest BCUT2D eigenvalue weighted by atomic mass is 16.4. The zero-order chi connectivity index (χ0) is 21.3. The summed E-state index contributed by atoms with van der Waals surface area (Å²) >= 11 is 0. The minimum atomic E-state index is -0.833. The van der Waals surface area contributed by atoms with Gasteiger partial charge in [-0.25, -0.2) is 0 Å². The smallest absolute Gasteiger partial charge is 0.300 e. The Kier molecular flexibility index (Phi) is 94.2. The van der Waals surface area contributed by atoms with E-state index in [4.69, 9.17) is 61.0 Å². The predicted molar refractivity (Wildman–Crippen MR) is 91.9 cm³/mol. The Morgan fingerprint density at radius 2 is 0.538 bits per heavy atom. The van der Waals surface area contributed by atoms with E-state index in [-0.39, 0.29) is 11.0 Å². The fourth-order valence-corrected chi connectivity index (χ4v) is 0. The average molecular weight is 396 g/mol. The fraction of sp³-hybridized carbons (Fsp3) is 0.583. The Morgan fingerprint density at radius 1 is 0.500 bits per heavy atom. The molecule has 14 nitrogen and oxygen atoms in total. The Bertz CT molecular complexity index is 243. The van der Waals surface area contributed by atoms with E-state index in [0.717, 1.165) is 34.6 Å². The second kappa shape index (κ2) is 49.5. The van der Waals surface area contributed by atoms with E-state index in [9.17, 15) is 0 Å². The van der Waals surface area contributed by atoms with Crippen LogP contribution in [0.2, 0.25) is 0 Å². The Hall–Kier alpha value is -2.81. The van der Waals surface area contributed by atoms with Crippen LogP contribution in [0.4, 0.5) is 0 Å². The number of nitrogens with two attached hydrogens (primary N) is 2. The summed E-state index contributed by atoms with van der Waals surface area (Å²) in [5.41, 5.74) is 9.81. The van der Waals surface area contributed by atoms with Crippen molar-refractivity contribution in [3.05, 3.63) is 0 Å². The van der Waals surface area contributed by atoms with Gasteiger partial charge in [-0.05, 0) is 0 Å². The van der Waals surface area contributed by atoms with Gasteiger partial charge in [0.15, 0.2) is 0 Å². The normalized spacial score (nSPS) is 5.96. The lowest BCUT2D eigenvalue weighted by atomic mass is 10.7. The Labute approximate surface area is 150 Å². The summed E-state index contributed by atoms with van der Waals surface area (Å²) in [5, 5.41) is 37.1. The minimum Gasteiger partial charge on any atom is -0.481 e. The van der Waals surface area contributed by atoms with Crippen LogP contribution in [0.15, 0.2) is 0 Å². The molecule has 0 spiro atoms. The molecule has 0 radical (unpaired) electrons. The van der Waals surface area contributed by atoms with Gasteiger partial charge in [0, 0.05) is 47.7 Å². The second-order valence-electron chi connectivity index (χ2n) is 3.17. The van der Waals surface area contributed by atoms with E-state index in [1.54, 1.807) is 0 Å². The van der Waals surface area contributed by atoms with Gasteiger partial charge in [0.1, 0.15) is 0 Å². The van der Waals surface area contributed by atoms with Crippen LogP contribution >= 0.6 is 0 Å². The summed E-state index contributed by atoms with van der Waals surface area (Å²) in [6.45, 7) is 6.61. The topological polar surface area (TPSA) is 302 Å². The summed E-state index contributed by atoms with van der Waals surface area (Å²) in [6, 6.07) is 0. The molecule has 0 aromatic carbocycles. The molecule has 13 N–H and O–H groups in total. The molecule has 0 aliphatic heterocycles. The van der Waals surface area contributed by atoms with Crippen LogP contribution in [0.25, 0.3) is 0 Å². The van der Waals surface area contributed by atoms with E-state index >= 15 is 0 Å². The van der Waals surface area contributed by atoms with Crippen molar-refractivity contribution in [2.45, 2.75) is 34.6 Å². The van der Waals surface area contributed by atoms with Crippen LogP contribution in [0.5, 0.6) is 0 Å². The molecular weight excluding hydrogens is 364 g/mol. The first-order valence-corrected chi connectivity index (χ1v) is 5.96. The molecule has 0 aliphatic rings. The first kappa shape index (κ1) is 49.5. The molecule has 0 unspecified atom stereocenters. The van der Waals surface area contributed by atoms with E-state index in [1.165, 1.54) is 0 Å². The second-order valence-corrected chi connectivity index (χ2v) is 3.17. The fourth-order valence-electron chi connectivity index (χ4n) is 0. The number of carboxylic acid groups (broad SMARTS) is 5. The van der Waals surface area contributed by atoms with Crippen LogP contribution in [0.3, 0.4) is 0 Å². The van der Waals surface area contributed by atoms with Gasteiger partial charge < -0.3 is 48.0 Å². The first-order chi connectivity index (χ1) is 10.6. The highest BCUT2D eigenvalue weighted by Crippen LogP contribution is 1.43. The first-order valence-electron chi connectivity index (χ1n) is 5.96. The maximum atomic E-state index is 9.00. The zero-order valence-electron chi connectivity index (χ0n) is 15.3. The molecular formula is C12H32N2O12. The maximum absolute atomic E-state index is 9.00. The quantitative estimate of drug-likeness (QED) is 0.246. The molecule has 0 saturated heterocycles. The standard InChI is InChI=1S/C2H8N2.5C2H4O2.2H2O/c3-1-2-4;5*1-2(3)4;;/h1-4H2;5*1H3,(H,3,4);2*1H2. The van der Waals surface area contributed by atoms with Gasteiger partial charge >= 0.3 is 0 Å². The van der Waals surface area contributed by atoms with Gasteiger partial charge in [0.2, 0.25) is 0 Å². The van der Waals surface area contributed by atoms with Gasteiger partial charge in [-0.3, -0.25) is 24.0 Å². The van der Waals surface area contributed by atoms with E-state index < -0.39 is 29.8 Å². The summed E-state index contributed by atoms with van der Waals surface area (Å²) < 4.78 is 0. The largest absolute Gasteiger partial charge is 0.481 e. The van der Waals surface area contributed by atoms with E-state index in [0.29, 0.717) is 13.1 Å². The summed E-state index contributed by atoms with van der Waals surface area (Å²) in [7, 11) is 0. The molecule has 0 rings (SSSR count). The number of hydrogen-bond donors (Lipinski definition) is 7. The molecule has 26 heavy (non-hydrogen) atoms. The summed E-state index contributed by atoms with van der Waals surface area (Å²) in [4.78, 5) is 45.0. The molecule has 0 bridgehead atoms. The SMILES string of the molecule is CC(=O)O.CC(=O)O.CC(=O)O.CC(=O)O.CC(=O)O.NCCN.O.O. The lowest BCUT2D eigenvalue weighted by Gasteiger charge is -1.72. The molecule has 0 amide bonds. The van der Waals surface area contributed by atoms with Gasteiger partial charge in [-0.15, -0.1) is 0 Å². The highest BCUT2D eigenvalue weighted by molar-refractivity contribution is 5.63. The van der Waals surface area contributed by atoms with Crippen molar-refractivity contribution in [1.82, 2.24) is 0 Å². The van der Waals surface area contributed by atoms with Crippen molar-refractivity contribution in [2.24, 2.45) is 11.5 Å². The Balaban J connectivity index is -0.0000000245. The third kappa shape index (κ3) is 2640. The minimum absolute atomic E-state index is 0. The number of hydrogen-bond acceptors (Lipinski definition) is 7. The molecule has 0 saturated carbocycles. The number of aliphatic carboxylic acids is 5. The van der Waals surface area contributed by atoms with Crippen molar-refractivity contribution < 1.29 is 60.5 Å². The van der Waals surface area contributed by atoms with Crippen molar-refractivity contribution in [1.29, 1.82) is 0 Å². The predicted octanol–water partition coefficient (Wildman–Crippen LogP) is -2.29. The number of carboxylic acids is 5. The molecule has 0 heterocycles. The van der Waals surface area contributed by atoms with Crippen LogP contribution in [-0.2, 0) is 24.0 Å². The Morgan fingerprint density at radius 3 is 0.538 bits per heavy atom. The molecule has 0 aliphatic carbocycles. The summed E-state index contributed by atoms with van der Waals surface area (Å²) in [5.74, 6) is -4.17. The monoisotopic (exact) mass is 396 g/mol. The van der Waals surface area contributed by atoms with Gasteiger partial charge in [0.05, 0.1) is 0 Å². The summed E-state index contributed by atoms with van der Waals surface area (Å²) in [6.07, 6.45) is 0. The third-order valence-corrected chi connectivity index (χ3v) is 0.167. The lowest BCUT2D eigenvalue weighted by molar-refractivity contribution is -0.135. The molecule has 0 atom stereocenters. The molecule has 162 valence electrons. The molecule has 0 aromatic rings. The number of rotatable bonds is 1. The van der Waals surface area contributed by atoms with Crippen LogP contribution in [0.1, 0.15) is 34.6 Å². The number of carbonyl (C=O) groups is 5. The maximum Gasteiger partial charge on any atom is 0.300 e. The van der Waals surface area contributed by atoms with Crippen molar-refractivity contribution in [3.63, 3.8) is 0 Å². The van der Waals surface area contributed by atoms with Gasteiger partial charge in [-0.2, -0.15) is 0 Å². The average Bonchev–Trinajstić information content (AvgIpc) is 2.24. The van der Waals surface area contributed by atoms with Crippen LogP contribution in [0, 0.1) is 0 Å². The molecule has 0 fully saturated rings.